The van der Waals surface area contributed by atoms with E-state index in [4.69, 9.17) is 4.42 Å². The highest BCUT2D eigenvalue weighted by molar-refractivity contribution is 8.01. The van der Waals surface area contributed by atoms with Gasteiger partial charge in [0.1, 0.15) is 10.8 Å². The lowest BCUT2D eigenvalue weighted by Gasteiger charge is -2.25. The molecule has 94 valence electrons. The van der Waals surface area contributed by atoms with Gasteiger partial charge in [-0.25, -0.2) is 4.68 Å². The van der Waals surface area contributed by atoms with Gasteiger partial charge in [-0.05, 0) is 31.2 Å². The number of furan rings is 1. The molecule has 0 spiro atoms. The molecule has 4 rings (SSSR count). The highest BCUT2D eigenvalue weighted by Crippen LogP contribution is 2.55. The summed E-state index contributed by atoms with van der Waals surface area (Å²) in [6.07, 6.45) is 1.73. The molecule has 4 heteroatoms. The van der Waals surface area contributed by atoms with Crippen molar-refractivity contribution in [2.45, 2.75) is 17.2 Å². The predicted octanol–water partition coefficient (Wildman–Crippen LogP) is 3.97. The van der Waals surface area contributed by atoms with E-state index in [0.29, 0.717) is 5.25 Å². The molecular weight excluding hydrogens is 256 g/mol. The number of hydrogen-bond donors (Lipinski definition) is 0. The van der Waals surface area contributed by atoms with Gasteiger partial charge in [-0.1, -0.05) is 30.0 Å². The van der Waals surface area contributed by atoms with Crippen LogP contribution in [0.2, 0.25) is 0 Å². The topological polar surface area (TPSA) is 31.0 Å². The van der Waals surface area contributed by atoms with E-state index in [2.05, 4.69) is 24.2 Å². The first-order chi connectivity index (χ1) is 9.34. The van der Waals surface area contributed by atoms with Crippen molar-refractivity contribution in [3.63, 3.8) is 0 Å². The highest BCUT2D eigenvalue weighted by atomic mass is 32.2. The Morgan fingerprint density at radius 2 is 2.00 bits per heavy atom. The van der Waals surface area contributed by atoms with Crippen LogP contribution in [-0.2, 0) is 0 Å². The number of hydrogen-bond acceptors (Lipinski definition) is 3. The summed E-state index contributed by atoms with van der Waals surface area (Å²) in [5.41, 5.74) is 3.49. The summed E-state index contributed by atoms with van der Waals surface area (Å²) in [5.74, 6) is 1.01. The molecule has 3 heterocycles. The summed E-state index contributed by atoms with van der Waals surface area (Å²) >= 11 is 1.81. The smallest absolute Gasteiger partial charge is 0.121 e. The number of para-hydroxylation sites is 1. The first kappa shape index (κ1) is 10.9. The van der Waals surface area contributed by atoms with E-state index >= 15 is 0 Å². The van der Waals surface area contributed by atoms with Crippen LogP contribution in [0.3, 0.4) is 0 Å². The quantitative estimate of drug-likeness (QED) is 0.704. The molecule has 0 unspecified atom stereocenters. The number of fused-ring (bicyclic) bond motifs is 1. The standard InChI is InChI=1S/C15H12N2OS/c1-10-13-14(12-8-5-9-18-12)19-15(13)17(16-10)11-6-3-2-4-7-11/h2-9,14H,1H3/t14-/m1/s1. The Morgan fingerprint density at radius 3 is 2.74 bits per heavy atom. The first-order valence-electron chi connectivity index (χ1n) is 6.19. The molecule has 0 bridgehead atoms. The molecule has 1 aliphatic rings. The molecule has 3 aromatic rings. The van der Waals surface area contributed by atoms with Crippen LogP contribution in [0.1, 0.15) is 22.3 Å². The lowest BCUT2D eigenvalue weighted by Crippen LogP contribution is -2.10. The van der Waals surface area contributed by atoms with Gasteiger partial charge in [0, 0.05) is 5.56 Å². The highest BCUT2D eigenvalue weighted by Gasteiger charge is 2.37. The van der Waals surface area contributed by atoms with Crippen molar-refractivity contribution in [3.05, 3.63) is 65.7 Å². The lowest BCUT2D eigenvalue weighted by atomic mass is 10.1. The van der Waals surface area contributed by atoms with Crippen LogP contribution in [0, 0.1) is 6.92 Å². The third-order valence-electron chi connectivity index (χ3n) is 3.36. The van der Waals surface area contributed by atoms with Crippen LogP contribution in [0.15, 0.2) is 58.2 Å². The summed E-state index contributed by atoms with van der Waals surface area (Å²) in [6, 6.07) is 14.2. The van der Waals surface area contributed by atoms with E-state index in [-0.39, 0.29) is 0 Å². The van der Waals surface area contributed by atoms with E-state index in [9.17, 15) is 0 Å². The van der Waals surface area contributed by atoms with E-state index < -0.39 is 0 Å². The van der Waals surface area contributed by atoms with Crippen LogP contribution >= 0.6 is 11.8 Å². The van der Waals surface area contributed by atoms with Gasteiger partial charge in [0.2, 0.25) is 0 Å². The van der Waals surface area contributed by atoms with Crippen LogP contribution < -0.4 is 0 Å². The minimum atomic E-state index is 0.294. The zero-order chi connectivity index (χ0) is 12.8. The van der Waals surface area contributed by atoms with Gasteiger partial charge in [-0.3, -0.25) is 0 Å². The normalized spacial score (nSPS) is 17.0. The van der Waals surface area contributed by atoms with Crippen molar-refractivity contribution in [1.29, 1.82) is 0 Å². The summed E-state index contributed by atoms with van der Waals surface area (Å²) in [5, 5.41) is 6.18. The number of nitrogens with zero attached hydrogens (tertiary/aromatic N) is 2. The molecule has 1 aromatic carbocycles. The number of aryl methyl sites for hydroxylation is 1. The Morgan fingerprint density at radius 1 is 1.16 bits per heavy atom. The fourth-order valence-corrected chi connectivity index (χ4v) is 3.76. The second-order valence-electron chi connectivity index (χ2n) is 4.56. The zero-order valence-electron chi connectivity index (χ0n) is 10.4. The summed E-state index contributed by atoms with van der Waals surface area (Å²) in [6.45, 7) is 2.06. The Bertz CT molecular complexity index is 716. The molecule has 3 nitrogen and oxygen atoms in total. The van der Waals surface area contributed by atoms with Crippen LogP contribution in [-0.4, -0.2) is 9.78 Å². The molecule has 0 saturated heterocycles. The summed E-state index contributed by atoms with van der Waals surface area (Å²) in [4.78, 5) is 0. The van der Waals surface area contributed by atoms with Gasteiger partial charge < -0.3 is 4.42 Å². The van der Waals surface area contributed by atoms with Gasteiger partial charge in [0.15, 0.2) is 0 Å². The van der Waals surface area contributed by atoms with Crippen molar-refractivity contribution in [2.24, 2.45) is 0 Å². The Hall–Kier alpha value is -1.94. The third kappa shape index (κ3) is 1.56. The summed E-state index contributed by atoms with van der Waals surface area (Å²) in [7, 11) is 0. The maximum Gasteiger partial charge on any atom is 0.121 e. The van der Waals surface area contributed by atoms with Crippen molar-refractivity contribution in [2.75, 3.05) is 0 Å². The minimum Gasteiger partial charge on any atom is -0.468 e. The molecule has 0 aliphatic carbocycles. The van der Waals surface area contributed by atoms with Gasteiger partial charge in [0.25, 0.3) is 0 Å². The molecule has 2 aromatic heterocycles. The molecule has 0 amide bonds. The second-order valence-corrected chi connectivity index (χ2v) is 5.66. The van der Waals surface area contributed by atoms with Crippen LogP contribution in [0.25, 0.3) is 5.69 Å². The fraction of sp³-hybridized carbons (Fsp3) is 0.133. The molecule has 1 aliphatic heterocycles. The van der Waals surface area contributed by atoms with E-state index in [1.807, 2.05) is 35.0 Å². The Kier molecular flexibility index (Phi) is 2.32. The van der Waals surface area contributed by atoms with Crippen molar-refractivity contribution in [1.82, 2.24) is 9.78 Å². The molecule has 0 fully saturated rings. The SMILES string of the molecule is Cc1nn(-c2ccccc2)c2c1[C@@H](c1ccco1)S2. The van der Waals surface area contributed by atoms with Gasteiger partial charge in [-0.2, -0.15) is 5.10 Å². The van der Waals surface area contributed by atoms with Crippen LogP contribution in [0.4, 0.5) is 0 Å². The monoisotopic (exact) mass is 268 g/mol. The lowest BCUT2D eigenvalue weighted by molar-refractivity contribution is 0.512. The molecular formula is C15H12N2OS. The van der Waals surface area contributed by atoms with Crippen molar-refractivity contribution >= 4 is 11.8 Å². The fourth-order valence-electron chi connectivity index (χ4n) is 2.43. The van der Waals surface area contributed by atoms with Crippen molar-refractivity contribution < 1.29 is 4.42 Å². The first-order valence-corrected chi connectivity index (χ1v) is 7.07. The minimum absolute atomic E-state index is 0.294. The molecule has 0 N–H and O–H groups in total. The van der Waals surface area contributed by atoms with Gasteiger partial charge >= 0.3 is 0 Å². The number of thioether (sulfide) groups is 1. The maximum absolute atomic E-state index is 5.51. The summed E-state index contributed by atoms with van der Waals surface area (Å²) < 4.78 is 7.53. The van der Waals surface area contributed by atoms with E-state index in [0.717, 1.165) is 17.1 Å². The van der Waals surface area contributed by atoms with Crippen LogP contribution in [0.5, 0.6) is 0 Å². The predicted molar refractivity (Wildman–Crippen MR) is 74.7 cm³/mol. The number of rotatable bonds is 2. The van der Waals surface area contributed by atoms with Crippen molar-refractivity contribution in [3.8, 4) is 5.69 Å². The molecule has 1 atom stereocenters. The average molecular weight is 268 g/mol. The molecule has 0 radical (unpaired) electrons. The maximum atomic E-state index is 5.51. The zero-order valence-corrected chi connectivity index (χ0v) is 11.2. The van der Waals surface area contributed by atoms with Gasteiger partial charge in [-0.15, -0.1) is 0 Å². The molecule has 19 heavy (non-hydrogen) atoms. The number of aromatic nitrogens is 2. The largest absolute Gasteiger partial charge is 0.468 e. The Labute approximate surface area is 115 Å². The second kappa shape index (κ2) is 4.03. The van der Waals surface area contributed by atoms with E-state index in [1.165, 1.54) is 10.6 Å². The Balaban J connectivity index is 1.80. The molecule has 0 saturated carbocycles. The third-order valence-corrected chi connectivity index (χ3v) is 4.68. The van der Waals surface area contributed by atoms with Gasteiger partial charge in [0.05, 0.1) is 22.9 Å². The van der Waals surface area contributed by atoms with E-state index in [1.54, 1.807) is 18.0 Å². The number of benzene rings is 1. The average Bonchev–Trinajstić information content (AvgIpc) is 2.98.